The lowest BCUT2D eigenvalue weighted by Crippen LogP contribution is -2.42. The van der Waals surface area contributed by atoms with Gasteiger partial charge in [-0.2, -0.15) is 0 Å². The molecule has 4 rings (SSSR count). The number of sulfone groups is 1. The minimum Gasteiger partial charge on any atom is -0.548 e. The summed E-state index contributed by atoms with van der Waals surface area (Å²) in [7, 11) is -3.42. The Hall–Kier alpha value is -3.90. The molecular formula is C21H21N3O8S. The van der Waals surface area contributed by atoms with Gasteiger partial charge in [-0.3, -0.25) is 14.2 Å². The van der Waals surface area contributed by atoms with Crippen molar-refractivity contribution >= 4 is 32.6 Å². The molecule has 6 N–H and O–H groups in total. The molecule has 0 bridgehead atoms. The molecule has 1 amide bonds. The second-order valence-electron chi connectivity index (χ2n) is 7.27. The summed E-state index contributed by atoms with van der Waals surface area (Å²) in [5.74, 6) is -2.90. The summed E-state index contributed by atoms with van der Waals surface area (Å²) in [6.07, 6.45) is 1.08. The van der Waals surface area contributed by atoms with Gasteiger partial charge >= 0.3 is 0 Å². The highest BCUT2D eigenvalue weighted by atomic mass is 32.2. The van der Waals surface area contributed by atoms with Crippen molar-refractivity contribution in [2.24, 2.45) is 0 Å². The zero-order valence-electron chi connectivity index (χ0n) is 17.7. The van der Waals surface area contributed by atoms with Crippen LogP contribution in [0.1, 0.15) is 22.0 Å². The van der Waals surface area contributed by atoms with Gasteiger partial charge < -0.3 is 31.2 Å². The maximum atomic E-state index is 13.3. The second kappa shape index (κ2) is 8.56. The molecule has 33 heavy (non-hydrogen) atoms. The van der Waals surface area contributed by atoms with Gasteiger partial charge in [0, 0.05) is 11.6 Å². The Morgan fingerprint density at radius 1 is 1.21 bits per heavy atom. The summed E-state index contributed by atoms with van der Waals surface area (Å²) >= 11 is 0. The Bertz CT molecular complexity index is 1430. The van der Waals surface area contributed by atoms with Gasteiger partial charge in [0.05, 0.1) is 29.0 Å². The van der Waals surface area contributed by atoms with Gasteiger partial charge in [0.2, 0.25) is 0 Å². The molecule has 0 saturated carbocycles. The molecule has 1 unspecified atom stereocenters. The molecule has 2 aromatic carbocycles. The highest BCUT2D eigenvalue weighted by molar-refractivity contribution is 7.90. The first-order valence-electron chi connectivity index (χ1n) is 9.40. The number of aromatic nitrogens is 1. The van der Waals surface area contributed by atoms with Crippen LogP contribution in [0.5, 0.6) is 11.5 Å². The monoisotopic (exact) mass is 475 g/mol. The number of quaternary nitrogens is 1. The topological polar surface area (TPSA) is 191 Å². The van der Waals surface area contributed by atoms with Gasteiger partial charge in [0.15, 0.2) is 9.84 Å². The third-order valence-corrected chi connectivity index (χ3v) is 6.31. The molecule has 0 spiro atoms. The second-order valence-corrected chi connectivity index (χ2v) is 9.29. The number of benzene rings is 2. The summed E-state index contributed by atoms with van der Waals surface area (Å²) in [5.41, 5.74) is -0.661. The lowest BCUT2D eigenvalue weighted by atomic mass is 10.0. The van der Waals surface area contributed by atoms with E-state index in [9.17, 15) is 33.0 Å². The normalized spacial score (nSPS) is 14.8. The number of rotatable bonds is 5. The minimum atomic E-state index is -3.42. The van der Waals surface area contributed by atoms with E-state index in [0.29, 0.717) is 11.3 Å². The Morgan fingerprint density at radius 2 is 1.88 bits per heavy atom. The van der Waals surface area contributed by atoms with E-state index in [1.165, 1.54) is 22.8 Å². The summed E-state index contributed by atoms with van der Waals surface area (Å²) < 4.78 is 30.6. The predicted molar refractivity (Wildman–Crippen MR) is 116 cm³/mol. The van der Waals surface area contributed by atoms with Gasteiger partial charge in [-0.1, -0.05) is 18.2 Å². The quantitative estimate of drug-likeness (QED) is 0.457. The maximum absolute atomic E-state index is 13.3. The fraction of sp³-hybridized carbons (Fsp3) is 0.190. The van der Waals surface area contributed by atoms with Crippen LogP contribution in [0.3, 0.4) is 0 Å². The van der Waals surface area contributed by atoms with Crippen LogP contribution in [0.15, 0.2) is 52.2 Å². The molecule has 0 aliphatic carbocycles. The molecule has 1 atom stereocenters. The van der Waals surface area contributed by atoms with Crippen LogP contribution in [0.25, 0.3) is 10.9 Å². The number of hydrogen-bond donors (Lipinski definition) is 3. The number of carboxylic acids is 1. The van der Waals surface area contributed by atoms with Crippen LogP contribution in [0.2, 0.25) is 0 Å². The average molecular weight is 475 g/mol. The predicted octanol–water partition coefficient (Wildman–Crippen LogP) is -0.0517. The molecule has 3 aromatic rings. The number of pyridine rings is 1. The fourth-order valence-electron chi connectivity index (χ4n) is 3.70. The van der Waals surface area contributed by atoms with E-state index < -0.39 is 51.2 Å². The minimum absolute atomic E-state index is 0. The van der Waals surface area contributed by atoms with E-state index >= 15 is 0 Å². The third-order valence-electron chi connectivity index (χ3n) is 5.19. The van der Waals surface area contributed by atoms with Crippen LogP contribution < -0.4 is 26.9 Å². The van der Waals surface area contributed by atoms with Gasteiger partial charge in [-0.15, -0.1) is 0 Å². The van der Waals surface area contributed by atoms with Crippen molar-refractivity contribution in [3.8, 4) is 11.5 Å². The highest BCUT2D eigenvalue weighted by Gasteiger charge is 2.31. The van der Waals surface area contributed by atoms with Gasteiger partial charge in [-0.05, 0) is 29.8 Å². The number of amides is 1. The van der Waals surface area contributed by atoms with E-state index in [2.05, 4.69) is 0 Å². The van der Waals surface area contributed by atoms with Crippen LogP contribution in [-0.2, 0) is 14.6 Å². The average Bonchev–Trinajstić information content (AvgIpc) is 2.75. The highest BCUT2D eigenvalue weighted by Crippen LogP contribution is 2.38. The van der Waals surface area contributed by atoms with Crippen molar-refractivity contribution in [3.63, 3.8) is 0 Å². The van der Waals surface area contributed by atoms with E-state index in [1.54, 1.807) is 24.3 Å². The number of hydrogen-bond acceptors (Lipinski definition) is 8. The maximum Gasteiger partial charge on any atom is 0.268 e. The van der Waals surface area contributed by atoms with Gasteiger partial charge in [-0.25, -0.2) is 8.42 Å². The zero-order chi connectivity index (χ0) is 23.2. The van der Waals surface area contributed by atoms with Crippen molar-refractivity contribution in [1.29, 1.82) is 0 Å². The van der Waals surface area contributed by atoms with Crippen molar-refractivity contribution in [2.45, 2.75) is 10.9 Å². The Morgan fingerprint density at radius 3 is 2.48 bits per heavy atom. The smallest absolute Gasteiger partial charge is 0.268 e. The lowest BCUT2D eigenvalue weighted by molar-refractivity contribution is -0.303. The first kappa shape index (κ1) is 23.8. The van der Waals surface area contributed by atoms with Crippen LogP contribution >= 0.6 is 0 Å². The van der Waals surface area contributed by atoms with Gasteiger partial charge in [0.1, 0.15) is 23.7 Å². The Labute approximate surface area is 187 Å². The molecule has 11 nitrogen and oxygen atoms in total. The van der Waals surface area contributed by atoms with Crippen molar-refractivity contribution < 1.29 is 33.0 Å². The van der Waals surface area contributed by atoms with Crippen molar-refractivity contribution in [3.05, 3.63) is 63.9 Å². The van der Waals surface area contributed by atoms with Gasteiger partial charge in [0.25, 0.3) is 11.5 Å². The molecule has 12 heteroatoms. The number of para-hydroxylation sites is 1. The summed E-state index contributed by atoms with van der Waals surface area (Å²) in [5, 5.41) is 23.6. The van der Waals surface area contributed by atoms with E-state index in [0.717, 1.165) is 6.26 Å². The summed E-state index contributed by atoms with van der Waals surface area (Å²) in [4.78, 5) is 36.7. The lowest BCUT2D eigenvalue weighted by Gasteiger charge is -2.29. The zero-order valence-corrected chi connectivity index (χ0v) is 18.5. The number of ether oxygens (including phenoxy) is 1. The first-order valence-corrected chi connectivity index (χ1v) is 11.3. The largest absolute Gasteiger partial charge is 0.548 e. The van der Waals surface area contributed by atoms with Crippen molar-refractivity contribution in [1.82, 2.24) is 16.0 Å². The van der Waals surface area contributed by atoms with Crippen molar-refractivity contribution in [2.75, 3.05) is 19.4 Å². The van der Waals surface area contributed by atoms with Crippen LogP contribution in [0.4, 0.5) is 0 Å². The summed E-state index contributed by atoms with van der Waals surface area (Å²) in [6.45, 7) is -0.829. The SMILES string of the molecule is CS(=O)(=O)c1ccc(C2COc3cccc4c(O)c(C(=O)NCC(=O)[O-])c(=O)n2c34)cc1.[NH4+]. The number of aliphatic carboxylic acids is 1. The van der Waals surface area contributed by atoms with E-state index in [1.807, 2.05) is 5.32 Å². The van der Waals surface area contributed by atoms with Crippen LogP contribution in [-0.4, -0.2) is 49.4 Å². The van der Waals surface area contributed by atoms with Crippen LogP contribution in [0, 0.1) is 0 Å². The standard InChI is InChI=1S/C21H18N2O8S.H3N/c1-32(29,30)12-7-5-11(6-8-12)14-10-31-15-4-2-3-13-18(15)23(14)21(28)17(19(13)26)20(27)22-9-16(24)25;/h2-8,14,26H,9-10H2,1H3,(H,22,27)(H,24,25);1H3. The molecule has 0 fully saturated rings. The number of nitrogens with one attached hydrogen (secondary N) is 1. The van der Waals surface area contributed by atoms with E-state index in [4.69, 9.17) is 4.74 Å². The molecule has 0 radical (unpaired) electrons. The number of aromatic hydroxyl groups is 1. The Balaban J connectivity index is 0.00000306. The number of nitrogens with zero attached hydrogens (tertiary/aromatic N) is 1. The number of carbonyl (C=O) groups is 2. The molecular weight excluding hydrogens is 454 g/mol. The van der Waals surface area contributed by atoms with E-state index in [-0.39, 0.29) is 28.6 Å². The molecule has 1 aromatic heterocycles. The molecule has 1 aliphatic rings. The molecule has 0 saturated heterocycles. The molecule has 1 aliphatic heterocycles. The summed E-state index contributed by atoms with van der Waals surface area (Å²) in [6, 6.07) is 9.84. The molecule has 174 valence electrons. The first-order chi connectivity index (χ1) is 15.1. The Kier molecular flexibility index (Phi) is 6.16. The number of carbonyl (C=O) groups excluding carboxylic acids is 2. The third kappa shape index (κ3) is 4.13. The fourth-order valence-corrected chi connectivity index (χ4v) is 4.34. The number of carboxylic acid groups (broad SMARTS) is 1. The molecule has 2 heterocycles.